The van der Waals surface area contributed by atoms with Crippen LogP contribution in [0.4, 0.5) is 10.5 Å². The molecule has 0 heterocycles. The lowest BCUT2D eigenvalue weighted by atomic mass is 9.86. The van der Waals surface area contributed by atoms with E-state index in [9.17, 15) is 14.9 Å². The molecule has 7 heteroatoms. The van der Waals surface area contributed by atoms with Crippen LogP contribution in [0.25, 0.3) is 0 Å². The molecular formula is C11H12BrNO5. The zero-order valence-corrected chi connectivity index (χ0v) is 11.6. The van der Waals surface area contributed by atoms with Crippen LogP contribution < -0.4 is 4.74 Å². The maximum atomic E-state index is 11.0. The zero-order valence-electron chi connectivity index (χ0n) is 10.1. The summed E-state index contributed by atoms with van der Waals surface area (Å²) in [7, 11) is 0. The molecular weight excluding hydrogens is 306 g/mol. The Morgan fingerprint density at radius 1 is 1.44 bits per heavy atom. The first-order valence-electron chi connectivity index (χ1n) is 5.02. The van der Waals surface area contributed by atoms with Crippen LogP contribution in [-0.2, 0) is 5.41 Å². The number of rotatable bonds is 2. The van der Waals surface area contributed by atoms with Crippen molar-refractivity contribution < 1.29 is 19.6 Å². The van der Waals surface area contributed by atoms with E-state index < -0.39 is 16.5 Å². The molecule has 98 valence electrons. The highest BCUT2D eigenvalue weighted by molar-refractivity contribution is 9.10. The van der Waals surface area contributed by atoms with Crippen molar-refractivity contribution in [2.45, 2.75) is 26.2 Å². The van der Waals surface area contributed by atoms with E-state index in [4.69, 9.17) is 5.11 Å². The third kappa shape index (κ3) is 3.19. The first-order chi connectivity index (χ1) is 8.12. The molecule has 0 spiro atoms. The third-order valence-electron chi connectivity index (χ3n) is 2.25. The Kier molecular flexibility index (Phi) is 3.95. The monoisotopic (exact) mass is 317 g/mol. The number of nitro groups is 1. The van der Waals surface area contributed by atoms with Gasteiger partial charge in [-0.2, -0.15) is 0 Å². The van der Waals surface area contributed by atoms with Gasteiger partial charge in [-0.05, 0) is 27.4 Å². The normalized spacial score (nSPS) is 11.1. The molecule has 0 bridgehead atoms. The second kappa shape index (κ2) is 4.93. The van der Waals surface area contributed by atoms with E-state index in [-0.39, 0.29) is 11.4 Å². The summed E-state index contributed by atoms with van der Waals surface area (Å²) >= 11 is 3.14. The van der Waals surface area contributed by atoms with Crippen molar-refractivity contribution in [3.8, 4) is 5.75 Å². The van der Waals surface area contributed by atoms with Gasteiger partial charge in [-0.1, -0.05) is 20.8 Å². The van der Waals surface area contributed by atoms with Crippen molar-refractivity contribution in [1.29, 1.82) is 0 Å². The number of nitro benzene ring substituents is 1. The van der Waals surface area contributed by atoms with Gasteiger partial charge in [0, 0.05) is 5.56 Å². The Morgan fingerprint density at radius 2 is 2.00 bits per heavy atom. The molecule has 0 saturated carbocycles. The fraction of sp³-hybridized carbons (Fsp3) is 0.364. The van der Waals surface area contributed by atoms with Gasteiger partial charge in [0.2, 0.25) is 0 Å². The minimum atomic E-state index is -1.52. The average Bonchev–Trinajstić information content (AvgIpc) is 2.17. The van der Waals surface area contributed by atoms with Gasteiger partial charge in [0.1, 0.15) is 0 Å². The van der Waals surface area contributed by atoms with Gasteiger partial charge in [0.05, 0.1) is 15.5 Å². The number of benzene rings is 1. The van der Waals surface area contributed by atoms with Crippen molar-refractivity contribution >= 4 is 27.8 Å². The maximum Gasteiger partial charge on any atom is 0.511 e. The van der Waals surface area contributed by atoms with Crippen LogP contribution in [0.5, 0.6) is 5.75 Å². The lowest BCUT2D eigenvalue weighted by Gasteiger charge is -2.19. The van der Waals surface area contributed by atoms with Crippen molar-refractivity contribution in [2.24, 2.45) is 0 Å². The van der Waals surface area contributed by atoms with Crippen molar-refractivity contribution in [3.63, 3.8) is 0 Å². The van der Waals surface area contributed by atoms with E-state index >= 15 is 0 Å². The van der Waals surface area contributed by atoms with Gasteiger partial charge in [0.25, 0.3) is 5.69 Å². The molecule has 1 N–H and O–H groups in total. The summed E-state index contributed by atoms with van der Waals surface area (Å²) in [6.45, 7) is 5.50. The standard InChI is InChI=1S/C11H12BrNO5/c1-11(2,3)6-4-7(12)9(18-10(14)15)5-8(6)13(16)17/h4-5H,1-3H3,(H,14,15). The number of hydrogen-bond acceptors (Lipinski definition) is 4. The number of nitrogens with zero attached hydrogens (tertiary/aromatic N) is 1. The Hall–Kier alpha value is -1.63. The first kappa shape index (κ1) is 14.4. The molecule has 0 aliphatic heterocycles. The Bertz CT molecular complexity index is 507. The fourth-order valence-electron chi connectivity index (χ4n) is 1.47. The largest absolute Gasteiger partial charge is 0.511 e. The lowest BCUT2D eigenvalue weighted by Crippen LogP contribution is -2.14. The van der Waals surface area contributed by atoms with Crippen molar-refractivity contribution in [1.82, 2.24) is 0 Å². The fourth-order valence-corrected chi connectivity index (χ4v) is 1.89. The number of carboxylic acid groups (broad SMARTS) is 1. The molecule has 18 heavy (non-hydrogen) atoms. The minimum Gasteiger partial charge on any atom is -0.449 e. The molecule has 6 nitrogen and oxygen atoms in total. The topological polar surface area (TPSA) is 89.7 Å². The molecule has 1 aromatic rings. The predicted octanol–water partition coefficient (Wildman–Crippen LogP) is 3.71. The van der Waals surface area contributed by atoms with Crippen molar-refractivity contribution in [3.05, 3.63) is 32.3 Å². The van der Waals surface area contributed by atoms with Gasteiger partial charge in [0.15, 0.2) is 5.75 Å². The summed E-state index contributed by atoms with van der Waals surface area (Å²) in [5.74, 6) is -0.0952. The summed E-state index contributed by atoms with van der Waals surface area (Å²) in [6.07, 6.45) is -1.52. The van der Waals surface area contributed by atoms with Crippen LogP contribution in [0.1, 0.15) is 26.3 Å². The quantitative estimate of drug-likeness (QED) is 0.388. The predicted molar refractivity (Wildman–Crippen MR) is 68.1 cm³/mol. The van der Waals surface area contributed by atoms with E-state index in [0.29, 0.717) is 10.0 Å². The third-order valence-corrected chi connectivity index (χ3v) is 2.87. The lowest BCUT2D eigenvalue weighted by molar-refractivity contribution is -0.386. The Morgan fingerprint density at radius 3 is 2.39 bits per heavy atom. The second-order valence-electron chi connectivity index (χ2n) is 4.67. The van der Waals surface area contributed by atoms with Crippen LogP contribution in [0.2, 0.25) is 0 Å². The van der Waals surface area contributed by atoms with E-state index in [0.717, 1.165) is 6.07 Å². The van der Waals surface area contributed by atoms with E-state index in [1.54, 1.807) is 0 Å². The second-order valence-corrected chi connectivity index (χ2v) is 5.53. The first-order valence-corrected chi connectivity index (χ1v) is 5.81. The SMILES string of the molecule is CC(C)(C)c1cc(Br)c(OC(=O)O)cc1[N+](=O)[O-]. The summed E-state index contributed by atoms with van der Waals surface area (Å²) in [6, 6.07) is 2.62. The molecule has 0 unspecified atom stereocenters. The molecule has 0 fully saturated rings. The molecule has 1 rings (SSSR count). The molecule has 0 radical (unpaired) electrons. The highest BCUT2D eigenvalue weighted by atomic mass is 79.9. The Balaban J connectivity index is 3.44. The van der Waals surface area contributed by atoms with Gasteiger partial charge >= 0.3 is 6.16 Å². The molecule has 0 saturated heterocycles. The highest BCUT2D eigenvalue weighted by Crippen LogP contribution is 2.38. The molecule has 0 aromatic heterocycles. The van der Waals surface area contributed by atoms with Crippen LogP contribution in [0.15, 0.2) is 16.6 Å². The summed E-state index contributed by atoms with van der Waals surface area (Å²) in [5, 5.41) is 19.5. The zero-order chi connectivity index (χ0) is 14.1. The molecule has 0 atom stereocenters. The van der Waals surface area contributed by atoms with Crippen LogP contribution >= 0.6 is 15.9 Å². The van der Waals surface area contributed by atoms with E-state index in [2.05, 4.69) is 20.7 Å². The molecule has 0 aliphatic carbocycles. The number of ether oxygens (including phenoxy) is 1. The van der Waals surface area contributed by atoms with Crippen molar-refractivity contribution in [2.75, 3.05) is 0 Å². The highest BCUT2D eigenvalue weighted by Gasteiger charge is 2.27. The van der Waals surface area contributed by atoms with Gasteiger partial charge in [-0.25, -0.2) is 4.79 Å². The van der Waals surface area contributed by atoms with Crippen LogP contribution in [-0.4, -0.2) is 16.2 Å². The summed E-state index contributed by atoms with van der Waals surface area (Å²) in [4.78, 5) is 20.9. The van der Waals surface area contributed by atoms with Crippen LogP contribution in [0.3, 0.4) is 0 Å². The van der Waals surface area contributed by atoms with E-state index in [1.807, 2.05) is 20.8 Å². The van der Waals surface area contributed by atoms with Gasteiger partial charge in [-0.15, -0.1) is 0 Å². The number of carbonyl (C=O) groups is 1. The Labute approximate surface area is 112 Å². The van der Waals surface area contributed by atoms with Gasteiger partial charge in [-0.3, -0.25) is 10.1 Å². The summed E-state index contributed by atoms with van der Waals surface area (Å²) < 4.78 is 4.83. The minimum absolute atomic E-state index is 0.0952. The maximum absolute atomic E-state index is 11.0. The summed E-state index contributed by atoms with van der Waals surface area (Å²) in [5.41, 5.74) is -0.105. The van der Waals surface area contributed by atoms with E-state index in [1.165, 1.54) is 6.07 Å². The number of halogens is 1. The molecule has 0 amide bonds. The molecule has 0 aliphatic rings. The van der Waals surface area contributed by atoms with Gasteiger partial charge < -0.3 is 9.84 Å². The van der Waals surface area contributed by atoms with Crippen LogP contribution in [0, 0.1) is 10.1 Å². The average molecular weight is 318 g/mol. The molecule has 1 aromatic carbocycles. The smallest absolute Gasteiger partial charge is 0.449 e. The number of hydrogen-bond donors (Lipinski definition) is 1.